The summed E-state index contributed by atoms with van der Waals surface area (Å²) in [5, 5.41) is 2.55. The number of thiazole rings is 1. The molecule has 0 radical (unpaired) electrons. The molecule has 5 heteroatoms. The Morgan fingerprint density at radius 3 is 3.00 bits per heavy atom. The molecule has 1 atom stereocenters. The largest absolute Gasteiger partial charge is 0.375 e. The van der Waals surface area contributed by atoms with Gasteiger partial charge in [-0.15, -0.1) is 11.3 Å². The number of nitrogen functional groups attached to an aromatic ring is 1. The third-order valence-electron chi connectivity index (χ3n) is 4.09. The lowest BCUT2D eigenvalue weighted by atomic mass is 10.1. The molecular formula is C16H19N3OS. The Morgan fingerprint density at radius 1 is 1.52 bits per heavy atom. The summed E-state index contributed by atoms with van der Waals surface area (Å²) >= 11 is 1.45. The first-order valence-electron chi connectivity index (χ1n) is 7.25. The third-order valence-corrected chi connectivity index (χ3v) is 4.77. The number of carbonyl (C=O) groups is 1. The number of amides is 1. The van der Waals surface area contributed by atoms with Crippen LogP contribution in [0.3, 0.4) is 0 Å². The van der Waals surface area contributed by atoms with E-state index in [1.165, 1.54) is 16.9 Å². The number of nitrogens with two attached hydrogens (primary N) is 1. The molecule has 0 saturated carbocycles. The predicted molar refractivity (Wildman–Crippen MR) is 87.5 cm³/mol. The maximum Gasteiger partial charge on any atom is 0.229 e. The van der Waals surface area contributed by atoms with Gasteiger partial charge in [0.2, 0.25) is 5.91 Å². The molecule has 1 amide bonds. The van der Waals surface area contributed by atoms with Crippen LogP contribution < -0.4 is 10.6 Å². The molecule has 0 spiro atoms. The van der Waals surface area contributed by atoms with Crippen LogP contribution in [0.4, 0.5) is 10.8 Å². The van der Waals surface area contributed by atoms with Gasteiger partial charge in [0, 0.05) is 29.1 Å². The maximum atomic E-state index is 12.4. The zero-order valence-electron chi connectivity index (χ0n) is 12.3. The monoisotopic (exact) mass is 301 g/mol. The second-order valence-corrected chi connectivity index (χ2v) is 6.35. The van der Waals surface area contributed by atoms with Crippen molar-refractivity contribution in [2.75, 3.05) is 17.2 Å². The van der Waals surface area contributed by atoms with E-state index in [-0.39, 0.29) is 11.8 Å². The molecule has 1 aromatic heterocycles. The first kappa shape index (κ1) is 14.1. The molecule has 110 valence electrons. The highest BCUT2D eigenvalue weighted by Crippen LogP contribution is 2.34. The summed E-state index contributed by atoms with van der Waals surface area (Å²) in [6, 6.07) is 6.19. The summed E-state index contributed by atoms with van der Waals surface area (Å²) in [5.41, 5.74) is 9.94. The Balaban J connectivity index is 1.90. The second kappa shape index (κ2) is 5.48. The van der Waals surface area contributed by atoms with Crippen molar-refractivity contribution in [3.8, 4) is 11.3 Å². The SMILES string of the molecule is CC[C@@H](C)C(=O)N1CCc2cc(-c3csc(N)n3)ccc21. The van der Waals surface area contributed by atoms with Crippen LogP contribution in [0, 0.1) is 5.92 Å². The second-order valence-electron chi connectivity index (χ2n) is 5.46. The molecular weight excluding hydrogens is 282 g/mol. The van der Waals surface area contributed by atoms with Crippen molar-refractivity contribution in [3.05, 3.63) is 29.1 Å². The van der Waals surface area contributed by atoms with E-state index in [1.54, 1.807) is 0 Å². The number of anilines is 2. The van der Waals surface area contributed by atoms with E-state index < -0.39 is 0 Å². The Morgan fingerprint density at radius 2 is 2.33 bits per heavy atom. The molecule has 21 heavy (non-hydrogen) atoms. The smallest absolute Gasteiger partial charge is 0.229 e. The number of fused-ring (bicyclic) bond motifs is 1. The van der Waals surface area contributed by atoms with Crippen molar-refractivity contribution in [1.29, 1.82) is 0 Å². The summed E-state index contributed by atoms with van der Waals surface area (Å²) < 4.78 is 0. The summed E-state index contributed by atoms with van der Waals surface area (Å²) in [6.07, 6.45) is 1.78. The normalized spacial score (nSPS) is 15.0. The number of hydrogen-bond donors (Lipinski definition) is 1. The van der Waals surface area contributed by atoms with Crippen molar-refractivity contribution >= 4 is 28.1 Å². The minimum Gasteiger partial charge on any atom is -0.375 e. The summed E-state index contributed by atoms with van der Waals surface area (Å²) in [6.45, 7) is 4.82. The molecule has 0 bridgehead atoms. The standard InChI is InChI=1S/C16H19N3OS/c1-3-10(2)15(20)19-7-6-12-8-11(4-5-14(12)19)13-9-21-16(17)18-13/h4-5,8-10H,3,6-7H2,1-2H3,(H2,17,18)/t10-/m1/s1. The minimum atomic E-state index is 0.0777. The van der Waals surface area contributed by atoms with Crippen LogP contribution in [-0.4, -0.2) is 17.4 Å². The van der Waals surface area contributed by atoms with Crippen molar-refractivity contribution in [3.63, 3.8) is 0 Å². The van der Waals surface area contributed by atoms with Crippen LogP contribution in [0.25, 0.3) is 11.3 Å². The first-order valence-corrected chi connectivity index (χ1v) is 8.13. The fourth-order valence-electron chi connectivity index (χ4n) is 2.65. The van der Waals surface area contributed by atoms with E-state index in [0.29, 0.717) is 5.13 Å². The minimum absolute atomic E-state index is 0.0777. The highest BCUT2D eigenvalue weighted by molar-refractivity contribution is 7.13. The van der Waals surface area contributed by atoms with Crippen LogP contribution >= 0.6 is 11.3 Å². The van der Waals surface area contributed by atoms with Gasteiger partial charge >= 0.3 is 0 Å². The lowest BCUT2D eigenvalue weighted by Crippen LogP contribution is -2.33. The average molecular weight is 301 g/mol. The molecule has 1 aliphatic rings. The van der Waals surface area contributed by atoms with Crippen LogP contribution in [-0.2, 0) is 11.2 Å². The summed E-state index contributed by atoms with van der Waals surface area (Å²) in [5.74, 6) is 0.302. The van der Waals surface area contributed by atoms with Crippen LogP contribution in [0.1, 0.15) is 25.8 Å². The molecule has 3 rings (SSSR count). The van der Waals surface area contributed by atoms with Crippen molar-refractivity contribution < 1.29 is 4.79 Å². The predicted octanol–water partition coefficient (Wildman–Crippen LogP) is 3.33. The van der Waals surface area contributed by atoms with Gasteiger partial charge in [-0.25, -0.2) is 4.98 Å². The molecule has 1 aliphatic heterocycles. The highest BCUT2D eigenvalue weighted by atomic mass is 32.1. The van der Waals surface area contributed by atoms with E-state index in [1.807, 2.05) is 29.3 Å². The molecule has 2 aromatic rings. The Kier molecular flexibility index (Phi) is 3.68. The van der Waals surface area contributed by atoms with Crippen molar-refractivity contribution in [1.82, 2.24) is 4.98 Å². The van der Waals surface area contributed by atoms with Gasteiger partial charge in [0.05, 0.1) is 5.69 Å². The maximum absolute atomic E-state index is 12.4. The number of nitrogens with zero attached hydrogens (tertiary/aromatic N) is 2. The zero-order valence-corrected chi connectivity index (χ0v) is 13.1. The van der Waals surface area contributed by atoms with Crippen LogP contribution in [0.15, 0.2) is 23.6 Å². The van der Waals surface area contributed by atoms with E-state index in [9.17, 15) is 4.79 Å². The lowest BCUT2D eigenvalue weighted by Gasteiger charge is -2.21. The first-order chi connectivity index (χ1) is 10.1. The van der Waals surface area contributed by atoms with Crippen molar-refractivity contribution in [2.45, 2.75) is 26.7 Å². The van der Waals surface area contributed by atoms with Crippen molar-refractivity contribution in [2.24, 2.45) is 5.92 Å². The van der Waals surface area contributed by atoms with E-state index in [2.05, 4.69) is 18.0 Å². The van der Waals surface area contributed by atoms with E-state index in [4.69, 9.17) is 5.73 Å². The van der Waals surface area contributed by atoms with Gasteiger partial charge in [0.1, 0.15) is 0 Å². The third kappa shape index (κ3) is 2.53. The Hall–Kier alpha value is -1.88. The van der Waals surface area contributed by atoms with E-state index >= 15 is 0 Å². The summed E-state index contributed by atoms with van der Waals surface area (Å²) in [4.78, 5) is 18.6. The molecule has 2 N–H and O–H groups in total. The Bertz CT molecular complexity index is 680. The van der Waals surface area contributed by atoms with Gasteiger partial charge in [0.25, 0.3) is 0 Å². The molecule has 4 nitrogen and oxygen atoms in total. The number of aromatic nitrogens is 1. The molecule has 0 unspecified atom stereocenters. The van der Waals surface area contributed by atoms with Gasteiger partial charge in [-0.3, -0.25) is 4.79 Å². The Labute approximate surface area is 128 Å². The molecule has 0 aliphatic carbocycles. The highest BCUT2D eigenvalue weighted by Gasteiger charge is 2.27. The topological polar surface area (TPSA) is 59.2 Å². The number of rotatable bonds is 3. The van der Waals surface area contributed by atoms with Crippen LogP contribution in [0.2, 0.25) is 0 Å². The van der Waals surface area contributed by atoms with Gasteiger partial charge in [-0.1, -0.05) is 19.9 Å². The quantitative estimate of drug-likeness (QED) is 0.946. The van der Waals surface area contributed by atoms with Gasteiger partial charge in [-0.2, -0.15) is 0 Å². The zero-order chi connectivity index (χ0) is 15.0. The van der Waals surface area contributed by atoms with Crippen LogP contribution in [0.5, 0.6) is 0 Å². The molecule has 2 heterocycles. The molecule has 0 saturated heterocycles. The fraction of sp³-hybridized carbons (Fsp3) is 0.375. The van der Waals surface area contributed by atoms with Gasteiger partial charge in [-0.05, 0) is 30.5 Å². The molecule has 1 aromatic carbocycles. The fourth-order valence-corrected chi connectivity index (χ4v) is 3.22. The lowest BCUT2D eigenvalue weighted by molar-refractivity contribution is -0.121. The van der Waals surface area contributed by atoms with Gasteiger partial charge < -0.3 is 10.6 Å². The number of hydrogen-bond acceptors (Lipinski definition) is 4. The van der Waals surface area contributed by atoms with E-state index in [0.717, 1.165) is 36.3 Å². The summed E-state index contributed by atoms with van der Waals surface area (Å²) in [7, 11) is 0. The average Bonchev–Trinajstić information content (AvgIpc) is 3.11. The number of benzene rings is 1. The number of carbonyl (C=O) groups excluding carboxylic acids is 1. The molecule has 0 fully saturated rings. The van der Waals surface area contributed by atoms with Gasteiger partial charge in [0.15, 0.2) is 5.13 Å².